The molecule has 0 unspecified atom stereocenters. The zero-order valence-corrected chi connectivity index (χ0v) is 13.8. The molecule has 2 aromatic rings. The average Bonchev–Trinajstić information content (AvgIpc) is 2.56. The largest absolute Gasteiger partial charge is 0.478 e. The number of amides is 1. The van der Waals surface area contributed by atoms with Crippen molar-refractivity contribution in [1.29, 1.82) is 0 Å². The molecule has 0 radical (unpaired) electrons. The first kappa shape index (κ1) is 17.1. The minimum Gasteiger partial charge on any atom is -0.478 e. The van der Waals surface area contributed by atoms with Gasteiger partial charge in [0.2, 0.25) is 5.91 Å². The van der Waals surface area contributed by atoms with Crippen molar-refractivity contribution in [2.45, 2.75) is 31.1 Å². The molecule has 0 heterocycles. The molecule has 1 aliphatic carbocycles. The summed E-state index contributed by atoms with van der Waals surface area (Å²) in [5.41, 5.74) is 1.93. The highest BCUT2D eigenvalue weighted by molar-refractivity contribution is 5.87. The van der Waals surface area contributed by atoms with Crippen molar-refractivity contribution in [2.75, 3.05) is 6.54 Å². The Morgan fingerprint density at radius 3 is 2.20 bits per heavy atom. The smallest absolute Gasteiger partial charge is 0.335 e. The van der Waals surface area contributed by atoms with Gasteiger partial charge in [-0.25, -0.2) is 9.18 Å². The first-order chi connectivity index (χ1) is 12.0. The summed E-state index contributed by atoms with van der Waals surface area (Å²) in [6.45, 7) is 0.532. The molecule has 4 nitrogen and oxygen atoms in total. The Labute approximate surface area is 145 Å². The number of carboxylic acid groups (broad SMARTS) is 1. The molecule has 0 saturated heterocycles. The second kappa shape index (κ2) is 7.05. The zero-order valence-electron chi connectivity index (χ0n) is 13.8. The average molecular weight is 341 g/mol. The highest BCUT2D eigenvalue weighted by Gasteiger charge is 2.38. The molecular formula is C20H20FNO3. The van der Waals surface area contributed by atoms with E-state index in [1.54, 1.807) is 24.3 Å². The first-order valence-electron chi connectivity index (χ1n) is 8.33. The quantitative estimate of drug-likeness (QED) is 0.847. The van der Waals surface area contributed by atoms with Crippen LogP contribution in [0, 0.1) is 5.82 Å². The van der Waals surface area contributed by atoms with Gasteiger partial charge in [0.15, 0.2) is 0 Å². The van der Waals surface area contributed by atoms with E-state index in [0.29, 0.717) is 6.54 Å². The van der Waals surface area contributed by atoms with Gasteiger partial charge in [-0.2, -0.15) is 0 Å². The second-order valence-corrected chi connectivity index (χ2v) is 6.60. The van der Waals surface area contributed by atoms with E-state index >= 15 is 0 Å². The third-order valence-electron chi connectivity index (χ3n) is 4.96. The molecule has 130 valence electrons. The van der Waals surface area contributed by atoms with Crippen LogP contribution in [0.3, 0.4) is 0 Å². The number of halogens is 1. The lowest BCUT2D eigenvalue weighted by Gasteiger charge is -2.42. The molecule has 1 fully saturated rings. The van der Waals surface area contributed by atoms with Crippen LogP contribution in [0.1, 0.15) is 40.7 Å². The van der Waals surface area contributed by atoms with E-state index in [9.17, 15) is 14.0 Å². The predicted octanol–water partition coefficient (Wildman–Crippen LogP) is 3.30. The Morgan fingerprint density at radius 2 is 1.68 bits per heavy atom. The van der Waals surface area contributed by atoms with Gasteiger partial charge in [0.1, 0.15) is 5.82 Å². The number of hydrogen-bond donors (Lipinski definition) is 2. The molecular weight excluding hydrogens is 321 g/mol. The molecule has 1 saturated carbocycles. The normalized spacial score (nSPS) is 15.2. The van der Waals surface area contributed by atoms with Crippen molar-refractivity contribution < 1.29 is 19.1 Å². The van der Waals surface area contributed by atoms with Crippen LogP contribution in [0.2, 0.25) is 0 Å². The van der Waals surface area contributed by atoms with Crippen LogP contribution in [0.25, 0.3) is 0 Å². The number of rotatable bonds is 6. The molecule has 5 heteroatoms. The van der Waals surface area contributed by atoms with Crippen molar-refractivity contribution in [3.63, 3.8) is 0 Å². The summed E-state index contributed by atoms with van der Waals surface area (Å²) in [7, 11) is 0. The lowest BCUT2D eigenvalue weighted by Crippen LogP contribution is -2.45. The van der Waals surface area contributed by atoms with Crippen molar-refractivity contribution >= 4 is 11.9 Å². The summed E-state index contributed by atoms with van der Waals surface area (Å²) < 4.78 is 13.1. The maximum absolute atomic E-state index is 13.1. The van der Waals surface area contributed by atoms with Crippen LogP contribution >= 0.6 is 0 Å². The number of carboxylic acids is 1. The van der Waals surface area contributed by atoms with Crippen LogP contribution < -0.4 is 5.32 Å². The Balaban J connectivity index is 1.59. The molecule has 0 spiro atoms. The number of carbonyl (C=O) groups excluding carboxylic acids is 1. The Bertz CT molecular complexity index is 765. The summed E-state index contributed by atoms with van der Waals surface area (Å²) in [6.07, 6.45) is 3.27. The monoisotopic (exact) mass is 341 g/mol. The lowest BCUT2D eigenvalue weighted by molar-refractivity contribution is -0.120. The van der Waals surface area contributed by atoms with Crippen molar-refractivity contribution in [1.82, 2.24) is 5.32 Å². The van der Waals surface area contributed by atoms with E-state index in [0.717, 1.165) is 30.4 Å². The molecule has 25 heavy (non-hydrogen) atoms. The SMILES string of the molecule is O=C(Cc1ccc(C(=O)O)cc1)NCC1(c2ccc(F)cc2)CCC1. The number of carbonyl (C=O) groups is 2. The first-order valence-corrected chi connectivity index (χ1v) is 8.33. The maximum Gasteiger partial charge on any atom is 0.335 e. The van der Waals surface area contributed by atoms with Gasteiger partial charge in [-0.3, -0.25) is 4.79 Å². The van der Waals surface area contributed by atoms with E-state index in [4.69, 9.17) is 5.11 Å². The molecule has 0 bridgehead atoms. The third kappa shape index (κ3) is 3.87. The van der Waals surface area contributed by atoms with Gasteiger partial charge < -0.3 is 10.4 Å². The van der Waals surface area contributed by atoms with Gasteiger partial charge >= 0.3 is 5.97 Å². The molecule has 1 aliphatic rings. The molecule has 0 aliphatic heterocycles. The van der Waals surface area contributed by atoms with E-state index < -0.39 is 5.97 Å². The van der Waals surface area contributed by atoms with Crippen LogP contribution in [0.4, 0.5) is 4.39 Å². The molecule has 3 rings (SSSR count). The highest BCUT2D eigenvalue weighted by atomic mass is 19.1. The molecule has 2 aromatic carbocycles. The van der Waals surface area contributed by atoms with Gasteiger partial charge in [0.05, 0.1) is 12.0 Å². The van der Waals surface area contributed by atoms with E-state index in [1.807, 2.05) is 0 Å². The Morgan fingerprint density at radius 1 is 1.04 bits per heavy atom. The summed E-state index contributed by atoms with van der Waals surface area (Å²) in [5, 5.41) is 11.9. The summed E-state index contributed by atoms with van der Waals surface area (Å²) in [6, 6.07) is 12.8. The molecule has 0 atom stereocenters. The molecule has 1 amide bonds. The lowest BCUT2D eigenvalue weighted by atomic mass is 9.64. The van der Waals surface area contributed by atoms with Gasteiger partial charge in [0, 0.05) is 12.0 Å². The minimum absolute atomic E-state index is 0.100. The number of hydrogen-bond acceptors (Lipinski definition) is 2. The van der Waals surface area contributed by atoms with Crippen molar-refractivity contribution in [3.05, 3.63) is 71.0 Å². The molecule has 0 aromatic heterocycles. The van der Waals surface area contributed by atoms with Gasteiger partial charge in [-0.05, 0) is 48.2 Å². The predicted molar refractivity (Wildman–Crippen MR) is 92.0 cm³/mol. The van der Waals surface area contributed by atoms with E-state index in [1.165, 1.54) is 24.3 Å². The topological polar surface area (TPSA) is 66.4 Å². The van der Waals surface area contributed by atoms with Gasteiger partial charge in [-0.1, -0.05) is 30.7 Å². The minimum atomic E-state index is -0.984. The van der Waals surface area contributed by atoms with Crippen molar-refractivity contribution in [2.24, 2.45) is 0 Å². The van der Waals surface area contributed by atoms with E-state index in [-0.39, 0.29) is 29.1 Å². The van der Waals surface area contributed by atoms with Gasteiger partial charge in [-0.15, -0.1) is 0 Å². The van der Waals surface area contributed by atoms with Crippen LogP contribution in [0.15, 0.2) is 48.5 Å². The fourth-order valence-electron chi connectivity index (χ4n) is 3.26. The van der Waals surface area contributed by atoms with E-state index in [2.05, 4.69) is 5.32 Å². The van der Waals surface area contributed by atoms with Crippen LogP contribution in [-0.4, -0.2) is 23.5 Å². The van der Waals surface area contributed by atoms with Crippen LogP contribution in [-0.2, 0) is 16.6 Å². The van der Waals surface area contributed by atoms with Crippen LogP contribution in [0.5, 0.6) is 0 Å². The molecule has 2 N–H and O–H groups in total. The van der Waals surface area contributed by atoms with Crippen molar-refractivity contribution in [3.8, 4) is 0 Å². The summed E-state index contributed by atoms with van der Waals surface area (Å²) in [5.74, 6) is -1.34. The summed E-state index contributed by atoms with van der Waals surface area (Å²) >= 11 is 0. The number of aromatic carboxylic acids is 1. The van der Waals surface area contributed by atoms with Gasteiger partial charge in [0.25, 0.3) is 0 Å². The third-order valence-corrected chi connectivity index (χ3v) is 4.96. The Hall–Kier alpha value is -2.69. The highest BCUT2D eigenvalue weighted by Crippen LogP contribution is 2.43. The second-order valence-electron chi connectivity index (χ2n) is 6.60. The number of benzene rings is 2. The maximum atomic E-state index is 13.1. The zero-order chi connectivity index (χ0) is 17.9. The fraction of sp³-hybridized carbons (Fsp3) is 0.300. The fourth-order valence-corrected chi connectivity index (χ4v) is 3.26. The Kier molecular flexibility index (Phi) is 4.83. The number of nitrogens with one attached hydrogen (secondary N) is 1. The standard InChI is InChI=1S/C20H20FNO3/c21-17-8-6-16(7-9-17)20(10-1-11-20)13-22-18(23)12-14-2-4-15(5-3-14)19(24)25/h2-9H,1,10-13H2,(H,22,23)(H,24,25). The summed E-state index contributed by atoms with van der Waals surface area (Å²) in [4.78, 5) is 23.1.